The van der Waals surface area contributed by atoms with Gasteiger partial charge in [0, 0.05) is 0 Å². The van der Waals surface area contributed by atoms with E-state index in [-0.39, 0.29) is 12.0 Å². The molecule has 0 aliphatic carbocycles. The van der Waals surface area contributed by atoms with Crippen LogP contribution in [0.4, 0.5) is 5.69 Å². The van der Waals surface area contributed by atoms with Gasteiger partial charge in [-0.1, -0.05) is 0 Å². The SMILES string of the molecule is COc1cc2c(cc1OCCCOC(C)C)N([N]=[V]=[O])C(O)[C@@H]1CCCN1C2=O. The first-order chi connectivity index (χ1) is 14.0. The molecule has 1 saturated heterocycles. The molecule has 2 aliphatic rings. The van der Waals surface area contributed by atoms with Crippen LogP contribution in [-0.4, -0.2) is 61.2 Å². The van der Waals surface area contributed by atoms with Gasteiger partial charge in [-0.05, 0) is 0 Å². The van der Waals surface area contributed by atoms with E-state index in [0.29, 0.717) is 55.4 Å². The summed E-state index contributed by atoms with van der Waals surface area (Å²) in [6, 6.07) is 2.84. The molecular formula is C19H27N3O6V. The Bertz CT molecular complexity index is 798. The summed E-state index contributed by atoms with van der Waals surface area (Å²) < 4.78 is 32.2. The zero-order chi connectivity index (χ0) is 21.0. The molecule has 0 bridgehead atoms. The normalized spacial score (nSPS) is 20.8. The molecule has 0 radical (unpaired) electrons. The van der Waals surface area contributed by atoms with Gasteiger partial charge in [0.1, 0.15) is 0 Å². The average molecular weight is 444 g/mol. The first-order valence-corrected chi connectivity index (χ1v) is 11.0. The van der Waals surface area contributed by atoms with Gasteiger partial charge in [0.2, 0.25) is 0 Å². The maximum atomic E-state index is 13.1. The zero-order valence-corrected chi connectivity index (χ0v) is 18.3. The molecule has 2 heterocycles. The van der Waals surface area contributed by atoms with E-state index in [1.165, 1.54) is 12.1 Å². The van der Waals surface area contributed by atoms with Crippen molar-refractivity contribution in [3.8, 4) is 11.5 Å². The molecule has 1 aromatic rings. The molecule has 2 aliphatic heterocycles. The van der Waals surface area contributed by atoms with Gasteiger partial charge in [0.15, 0.2) is 0 Å². The fourth-order valence-electron chi connectivity index (χ4n) is 3.70. The van der Waals surface area contributed by atoms with Gasteiger partial charge in [-0.25, -0.2) is 0 Å². The Morgan fingerprint density at radius 2 is 2.10 bits per heavy atom. The number of aliphatic hydroxyl groups excluding tert-OH is 1. The molecule has 2 atom stereocenters. The number of methoxy groups -OCH3 is 1. The standard InChI is InChI=1S/C19H27N3O5.O.V/c1-12(2)26-8-5-9-27-17-11-15-13(10-16(17)25-3)18(23)21-7-4-6-14(21)19(24)22(15)20;;/h10-12,14,19,24H,4-9H2,1-3H3;;/t14-,19?;;/m0../s1. The van der Waals surface area contributed by atoms with Crippen LogP contribution in [0.2, 0.25) is 0 Å². The van der Waals surface area contributed by atoms with E-state index in [9.17, 15) is 13.6 Å². The second kappa shape index (κ2) is 9.80. The predicted octanol–water partition coefficient (Wildman–Crippen LogP) is 2.16. The van der Waals surface area contributed by atoms with E-state index in [2.05, 4.69) is 3.90 Å². The second-order valence-corrected chi connectivity index (χ2v) is 7.81. The summed E-state index contributed by atoms with van der Waals surface area (Å²) in [6.07, 6.45) is 1.25. The average Bonchev–Trinajstić information content (AvgIpc) is 3.17. The third kappa shape index (κ3) is 4.69. The molecule has 0 spiro atoms. The first-order valence-electron chi connectivity index (χ1n) is 9.76. The van der Waals surface area contributed by atoms with Crippen LogP contribution >= 0.6 is 0 Å². The number of fused-ring (bicyclic) bond motifs is 2. The van der Waals surface area contributed by atoms with Crippen LogP contribution in [0, 0.1) is 0 Å². The molecule has 0 aromatic heterocycles. The van der Waals surface area contributed by atoms with Crippen molar-refractivity contribution in [1.29, 1.82) is 0 Å². The number of carbonyl (C=O) groups is 1. The van der Waals surface area contributed by atoms with E-state index in [0.717, 1.165) is 6.42 Å². The number of anilines is 1. The third-order valence-electron chi connectivity index (χ3n) is 5.04. The van der Waals surface area contributed by atoms with Crippen LogP contribution in [0.5, 0.6) is 11.5 Å². The van der Waals surface area contributed by atoms with Crippen LogP contribution in [0.15, 0.2) is 16.0 Å². The minimum absolute atomic E-state index is 0.157. The van der Waals surface area contributed by atoms with E-state index in [1.807, 2.05) is 13.8 Å². The van der Waals surface area contributed by atoms with Gasteiger partial charge < -0.3 is 0 Å². The quantitative estimate of drug-likeness (QED) is 0.614. The number of nitrogens with zero attached hydrogens (tertiary/aromatic N) is 3. The summed E-state index contributed by atoms with van der Waals surface area (Å²) in [4.78, 5) is 14.8. The molecule has 0 saturated carbocycles. The van der Waals surface area contributed by atoms with Crippen molar-refractivity contribution >= 4 is 11.6 Å². The first kappa shape index (κ1) is 21.9. The van der Waals surface area contributed by atoms with E-state index in [1.54, 1.807) is 17.0 Å². The topological polar surface area (TPSA) is 101 Å². The molecule has 3 rings (SSSR count). The van der Waals surface area contributed by atoms with Crippen LogP contribution < -0.4 is 14.5 Å². The summed E-state index contributed by atoms with van der Waals surface area (Å²) in [5, 5.41) is 12.2. The van der Waals surface area contributed by atoms with E-state index >= 15 is 0 Å². The Balaban J connectivity index is 1.92. The van der Waals surface area contributed by atoms with Crippen LogP contribution in [0.25, 0.3) is 0 Å². The fourth-order valence-corrected chi connectivity index (χ4v) is 4.14. The van der Waals surface area contributed by atoms with Crippen molar-refractivity contribution < 1.29 is 43.8 Å². The predicted molar refractivity (Wildman–Crippen MR) is 99.9 cm³/mol. The van der Waals surface area contributed by atoms with Crippen LogP contribution in [0.1, 0.15) is 43.5 Å². The summed E-state index contributed by atoms with van der Waals surface area (Å²) in [6.45, 7) is 5.48. The third-order valence-corrected chi connectivity index (χ3v) is 5.46. The van der Waals surface area contributed by atoms with Gasteiger partial charge in [-0.3, -0.25) is 0 Å². The molecule has 29 heavy (non-hydrogen) atoms. The molecule has 9 nitrogen and oxygen atoms in total. The van der Waals surface area contributed by atoms with Crippen molar-refractivity contribution in [3.05, 3.63) is 17.7 Å². The summed E-state index contributed by atoms with van der Waals surface area (Å²) in [5.41, 5.74) is 0.719. The molecule has 1 fully saturated rings. The van der Waals surface area contributed by atoms with Gasteiger partial charge in [-0.15, -0.1) is 0 Å². The molecular weight excluding hydrogens is 417 g/mol. The van der Waals surface area contributed by atoms with Gasteiger partial charge >= 0.3 is 177 Å². The van der Waals surface area contributed by atoms with Crippen molar-refractivity contribution in [3.63, 3.8) is 0 Å². The Kier molecular flexibility index (Phi) is 7.40. The van der Waals surface area contributed by atoms with Crippen molar-refractivity contribution in [1.82, 2.24) is 4.90 Å². The number of rotatable bonds is 8. The van der Waals surface area contributed by atoms with Crippen LogP contribution in [0.3, 0.4) is 0 Å². The Hall–Kier alpha value is -1.81. The van der Waals surface area contributed by atoms with Crippen molar-refractivity contribution in [2.45, 2.75) is 51.5 Å². The Morgan fingerprint density at radius 1 is 1.31 bits per heavy atom. The number of carbonyl (C=O) groups excluding carboxylic acids is 1. The summed E-state index contributed by atoms with van der Waals surface area (Å²) in [7, 11) is 1.51. The van der Waals surface area contributed by atoms with Crippen molar-refractivity contribution in [2.24, 2.45) is 3.90 Å². The Labute approximate surface area is 177 Å². The van der Waals surface area contributed by atoms with Gasteiger partial charge in [0.05, 0.1) is 0 Å². The number of aliphatic hydroxyl groups is 1. The van der Waals surface area contributed by atoms with E-state index in [4.69, 9.17) is 14.2 Å². The monoisotopic (exact) mass is 444 g/mol. The molecule has 159 valence electrons. The van der Waals surface area contributed by atoms with Gasteiger partial charge in [0.25, 0.3) is 0 Å². The molecule has 1 N–H and O–H groups in total. The second-order valence-electron chi connectivity index (χ2n) is 7.28. The maximum absolute atomic E-state index is 13.1. The number of hydrogen-bond acceptors (Lipinski definition) is 8. The number of ether oxygens (including phenoxy) is 3. The number of amides is 1. The molecule has 1 unspecified atom stereocenters. The molecule has 1 aromatic carbocycles. The fraction of sp³-hybridized carbons (Fsp3) is 0.632. The Morgan fingerprint density at radius 3 is 2.79 bits per heavy atom. The summed E-state index contributed by atoms with van der Waals surface area (Å²) >= 11 is -1.59. The summed E-state index contributed by atoms with van der Waals surface area (Å²) in [5.74, 6) is 0.654. The number of hydrogen-bond donors (Lipinski definition) is 1. The molecule has 10 heteroatoms. The number of benzene rings is 1. The van der Waals surface area contributed by atoms with Crippen molar-refractivity contribution in [2.75, 3.05) is 31.9 Å². The molecule has 1 amide bonds. The minimum atomic E-state index is -1.59. The van der Waals surface area contributed by atoms with Crippen LogP contribution in [-0.2, 0) is 24.5 Å². The van der Waals surface area contributed by atoms with Gasteiger partial charge in [-0.2, -0.15) is 0 Å². The zero-order valence-electron chi connectivity index (χ0n) is 16.9. The van der Waals surface area contributed by atoms with E-state index < -0.39 is 28.3 Å².